The number of methoxy groups -OCH3 is 1. The van der Waals surface area contributed by atoms with Crippen LogP contribution in [0.1, 0.15) is 36.8 Å². The number of benzene rings is 1. The Balaban J connectivity index is 1.67. The Kier molecular flexibility index (Phi) is 5.20. The molecule has 0 aliphatic carbocycles. The zero-order valence-electron chi connectivity index (χ0n) is 13.8. The first kappa shape index (κ1) is 18.9. The van der Waals surface area contributed by atoms with E-state index in [4.69, 9.17) is 32.4 Å². The summed E-state index contributed by atoms with van der Waals surface area (Å²) in [5.74, 6) is -2.80. The van der Waals surface area contributed by atoms with Crippen LogP contribution in [-0.4, -0.2) is 42.3 Å². The summed E-state index contributed by atoms with van der Waals surface area (Å²) in [6.45, 7) is -0.979. The maximum Gasteiger partial charge on any atom is 0.341 e. The quantitative estimate of drug-likeness (QED) is 0.550. The van der Waals surface area contributed by atoms with E-state index in [0.717, 1.165) is 4.90 Å². The van der Waals surface area contributed by atoms with Gasteiger partial charge in [0.1, 0.15) is 18.7 Å². The molecule has 0 bridgehead atoms. The third-order valence-corrected chi connectivity index (χ3v) is 4.54. The molecule has 1 aliphatic heterocycles. The molecular formula is C17H11Cl2NO7. The minimum absolute atomic E-state index is 0.0567. The summed E-state index contributed by atoms with van der Waals surface area (Å²) in [6.07, 6.45) is 1.24. The number of fused-ring (bicyclic) bond motifs is 1. The fourth-order valence-electron chi connectivity index (χ4n) is 2.49. The van der Waals surface area contributed by atoms with Gasteiger partial charge < -0.3 is 13.9 Å². The van der Waals surface area contributed by atoms with Crippen molar-refractivity contribution in [1.82, 2.24) is 4.90 Å². The van der Waals surface area contributed by atoms with Crippen molar-refractivity contribution in [2.75, 3.05) is 13.7 Å². The molecule has 2 amide bonds. The summed E-state index contributed by atoms with van der Waals surface area (Å²) in [7, 11) is 1.20. The average molecular weight is 412 g/mol. The van der Waals surface area contributed by atoms with E-state index in [9.17, 15) is 19.2 Å². The van der Waals surface area contributed by atoms with Crippen molar-refractivity contribution in [3.05, 3.63) is 57.0 Å². The fourth-order valence-corrected chi connectivity index (χ4v) is 2.82. The number of hydrogen-bond donors (Lipinski definition) is 0. The highest BCUT2D eigenvalue weighted by molar-refractivity contribution is 6.43. The number of carbonyl (C=O) groups is 4. The molecule has 3 rings (SSSR count). The Hall–Kier alpha value is -2.84. The normalized spacial score (nSPS) is 12.9. The Morgan fingerprint density at radius 1 is 1.11 bits per heavy atom. The lowest BCUT2D eigenvalue weighted by atomic mass is 10.1. The van der Waals surface area contributed by atoms with E-state index < -0.39 is 30.3 Å². The first-order chi connectivity index (χ1) is 12.8. The number of esters is 2. The Morgan fingerprint density at radius 3 is 2.26 bits per heavy atom. The molecule has 0 saturated carbocycles. The highest BCUT2D eigenvalue weighted by Gasteiger charge is 2.37. The zero-order chi connectivity index (χ0) is 19.7. The van der Waals surface area contributed by atoms with E-state index in [-0.39, 0.29) is 39.1 Å². The molecule has 8 nitrogen and oxygen atoms in total. The fraction of sp³-hybridized carbons (Fsp3) is 0.176. The second kappa shape index (κ2) is 7.42. The van der Waals surface area contributed by atoms with E-state index in [1.54, 1.807) is 0 Å². The number of imide groups is 1. The summed E-state index contributed by atoms with van der Waals surface area (Å²) in [5.41, 5.74) is 0.220. The predicted molar refractivity (Wildman–Crippen MR) is 91.7 cm³/mol. The van der Waals surface area contributed by atoms with Crippen molar-refractivity contribution in [1.29, 1.82) is 0 Å². The zero-order valence-corrected chi connectivity index (χ0v) is 15.3. The third-order valence-electron chi connectivity index (χ3n) is 3.81. The Bertz CT molecular complexity index is 925. The number of furan rings is 1. The lowest BCUT2D eigenvalue weighted by molar-refractivity contribution is -0.145. The van der Waals surface area contributed by atoms with Gasteiger partial charge in [-0.25, -0.2) is 4.79 Å². The molecule has 10 heteroatoms. The summed E-state index contributed by atoms with van der Waals surface area (Å²) >= 11 is 11.7. The first-order valence-electron chi connectivity index (χ1n) is 7.49. The lowest BCUT2D eigenvalue weighted by Gasteiger charge is -2.12. The number of rotatable bonds is 5. The second-order valence-corrected chi connectivity index (χ2v) is 6.23. The van der Waals surface area contributed by atoms with E-state index in [2.05, 4.69) is 4.74 Å². The molecule has 0 spiro atoms. The minimum atomic E-state index is -0.867. The van der Waals surface area contributed by atoms with Gasteiger partial charge in [0.05, 0.1) is 34.5 Å². The van der Waals surface area contributed by atoms with Crippen LogP contribution in [0.3, 0.4) is 0 Å². The van der Waals surface area contributed by atoms with Gasteiger partial charge in [0, 0.05) is 0 Å². The number of ether oxygens (including phenoxy) is 2. The van der Waals surface area contributed by atoms with Gasteiger partial charge in [0.25, 0.3) is 11.8 Å². The molecule has 1 aromatic heterocycles. The van der Waals surface area contributed by atoms with Gasteiger partial charge in [0.15, 0.2) is 5.76 Å². The average Bonchev–Trinajstić information content (AvgIpc) is 3.20. The monoisotopic (exact) mass is 411 g/mol. The van der Waals surface area contributed by atoms with Gasteiger partial charge in [-0.3, -0.25) is 19.3 Å². The maximum absolute atomic E-state index is 12.3. The van der Waals surface area contributed by atoms with Crippen LogP contribution in [0.25, 0.3) is 0 Å². The topological polar surface area (TPSA) is 103 Å². The number of carbonyl (C=O) groups excluding carboxylic acids is 4. The maximum atomic E-state index is 12.3. The van der Waals surface area contributed by atoms with Gasteiger partial charge in [-0.05, 0) is 18.2 Å². The molecule has 0 radical (unpaired) electrons. The predicted octanol–water partition coefficient (Wildman–Crippen LogP) is 2.71. The van der Waals surface area contributed by atoms with Crippen LogP contribution >= 0.6 is 23.2 Å². The molecule has 2 aromatic rings. The molecule has 0 saturated heterocycles. The SMILES string of the molecule is COC(=O)c1ccoc1COC(=O)CN1C(=O)c2cc(Cl)c(Cl)cc2C1=O. The summed E-state index contributed by atoms with van der Waals surface area (Å²) in [4.78, 5) is 49.0. The molecule has 140 valence electrons. The Morgan fingerprint density at radius 2 is 1.70 bits per heavy atom. The summed E-state index contributed by atoms with van der Waals surface area (Å²) in [6, 6.07) is 3.92. The van der Waals surface area contributed by atoms with Crippen molar-refractivity contribution in [3.8, 4) is 0 Å². The molecule has 1 aliphatic rings. The van der Waals surface area contributed by atoms with Gasteiger partial charge >= 0.3 is 11.9 Å². The third kappa shape index (κ3) is 3.54. The van der Waals surface area contributed by atoms with Crippen molar-refractivity contribution >= 4 is 47.0 Å². The van der Waals surface area contributed by atoms with Crippen LogP contribution in [0.15, 0.2) is 28.9 Å². The van der Waals surface area contributed by atoms with Crippen LogP contribution in [0.5, 0.6) is 0 Å². The van der Waals surface area contributed by atoms with Gasteiger partial charge in [-0.2, -0.15) is 0 Å². The molecule has 0 fully saturated rings. The number of halogens is 2. The Labute approximate surface area is 162 Å². The number of hydrogen-bond acceptors (Lipinski definition) is 7. The van der Waals surface area contributed by atoms with Crippen molar-refractivity contribution in [2.24, 2.45) is 0 Å². The van der Waals surface area contributed by atoms with E-state index >= 15 is 0 Å². The molecule has 0 atom stereocenters. The van der Waals surface area contributed by atoms with Gasteiger partial charge in [-0.1, -0.05) is 23.2 Å². The minimum Gasteiger partial charge on any atom is -0.465 e. The molecule has 0 unspecified atom stereocenters. The lowest BCUT2D eigenvalue weighted by Crippen LogP contribution is -2.35. The number of nitrogens with zero attached hydrogens (tertiary/aromatic N) is 1. The smallest absolute Gasteiger partial charge is 0.341 e. The van der Waals surface area contributed by atoms with Gasteiger partial charge in [-0.15, -0.1) is 0 Å². The first-order valence-corrected chi connectivity index (χ1v) is 8.24. The van der Waals surface area contributed by atoms with Crippen LogP contribution in [0, 0.1) is 0 Å². The molecular weight excluding hydrogens is 401 g/mol. The van der Waals surface area contributed by atoms with Crippen molar-refractivity contribution in [3.63, 3.8) is 0 Å². The van der Waals surface area contributed by atoms with Crippen molar-refractivity contribution in [2.45, 2.75) is 6.61 Å². The van der Waals surface area contributed by atoms with Crippen molar-refractivity contribution < 1.29 is 33.1 Å². The summed E-state index contributed by atoms with van der Waals surface area (Å²) < 4.78 is 14.6. The van der Waals surface area contributed by atoms with E-state index in [1.807, 2.05) is 0 Å². The van der Waals surface area contributed by atoms with Crippen LogP contribution in [-0.2, 0) is 20.9 Å². The van der Waals surface area contributed by atoms with Gasteiger partial charge in [0.2, 0.25) is 0 Å². The standard InChI is InChI=1S/C17H11Cl2NO7/c1-25-17(24)8-2-3-26-13(8)7-27-14(21)6-20-15(22)9-4-11(18)12(19)5-10(9)16(20)23/h2-5H,6-7H2,1H3. The van der Waals surface area contributed by atoms with E-state index in [0.29, 0.717) is 0 Å². The van der Waals surface area contributed by atoms with Crippen LogP contribution in [0.2, 0.25) is 10.0 Å². The molecule has 2 heterocycles. The van der Waals surface area contributed by atoms with Crippen LogP contribution in [0.4, 0.5) is 0 Å². The van der Waals surface area contributed by atoms with E-state index in [1.165, 1.54) is 31.6 Å². The number of amides is 2. The second-order valence-electron chi connectivity index (χ2n) is 5.42. The van der Waals surface area contributed by atoms with Crippen LogP contribution < -0.4 is 0 Å². The molecule has 1 aromatic carbocycles. The largest absolute Gasteiger partial charge is 0.465 e. The highest BCUT2D eigenvalue weighted by Crippen LogP contribution is 2.31. The molecule has 27 heavy (non-hydrogen) atoms. The highest BCUT2D eigenvalue weighted by atomic mass is 35.5. The summed E-state index contributed by atoms with van der Waals surface area (Å²) in [5, 5.41) is 0.239. The molecule has 0 N–H and O–H groups in total.